The SMILES string of the molecule is Nc1ncnn2c(-c3cccc(CN4CCOCC4)c3)cc(-c3cnnn3C3CCOCC3)c12. The van der Waals surface area contributed by atoms with Crippen LogP contribution in [0.3, 0.4) is 0 Å². The Bertz CT molecular complexity index is 1290. The van der Waals surface area contributed by atoms with Crippen LogP contribution in [0, 0.1) is 0 Å². The predicted molar refractivity (Wildman–Crippen MR) is 127 cm³/mol. The van der Waals surface area contributed by atoms with Gasteiger partial charge in [0.2, 0.25) is 0 Å². The van der Waals surface area contributed by atoms with Crippen LogP contribution in [0.5, 0.6) is 0 Å². The molecule has 3 aromatic heterocycles. The first-order valence-electron chi connectivity index (χ1n) is 11.8. The van der Waals surface area contributed by atoms with Crippen molar-refractivity contribution in [3.63, 3.8) is 0 Å². The molecule has 0 unspecified atom stereocenters. The van der Waals surface area contributed by atoms with Gasteiger partial charge in [-0.05, 0) is 30.5 Å². The molecule has 4 aromatic rings. The maximum Gasteiger partial charge on any atom is 0.152 e. The Morgan fingerprint density at radius 3 is 2.68 bits per heavy atom. The summed E-state index contributed by atoms with van der Waals surface area (Å²) in [5.74, 6) is 0.431. The molecule has 0 amide bonds. The minimum absolute atomic E-state index is 0.243. The van der Waals surface area contributed by atoms with Crippen LogP contribution in [-0.2, 0) is 16.0 Å². The Morgan fingerprint density at radius 1 is 1.00 bits per heavy atom. The van der Waals surface area contributed by atoms with Gasteiger partial charge in [-0.3, -0.25) is 4.90 Å². The average Bonchev–Trinajstić information content (AvgIpc) is 3.51. The van der Waals surface area contributed by atoms with Gasteiger partial charge in [-0.1, -0.05) is 23.4 Å². The summed E-state index contributed by atoms with van der Waals surface area (Å²) in [6.45, 7) is 5.84. The Kier molecular flexibility index (Phi) is 5.69. The molecule has 2 aliphatic rings. The minimum Gasteiger partial charge on any atom is -0.382 e. The van der Waals surface area contributed by atoms with Crippen molar-refractivity contribution < 1.29 is 9.47 Å². The largest absolute Gasteiger partial charge is 0.382 e. The number of benzene rings is 1. The second-order valence-electron chi connectivity index (χ2n) is 8.85. The van der Waals surface area contributed by atoms with Gasteiger partial charge in [-0.25, -0.2) is 14.2 Å². The summed E-state index contributed by atoms with van der Waals surface area (Å²) in [6.07, 6.45) is 5.12. The van der Waals surface area contributed by atoms with E-state index in [1.807, 2.05) is 9.20 Å². The van der Waals surface area contributed by atoms with Crippen molar-refractivity contribution in [3.05, 3.63) is 48.4 Å². The van der Waals surface area contributed by atoms with Crippen molar-refractivity contribution in [3.8, 4) is 22.5 Å². The van der Waals surface area contributed by atoms with Gasteiger partial charge >= 0.3 is 0 Å². The highest BCUT2D eigenvalue weighted by molar-refractivity contribution is 5.90. The molecular formula is C24H28N8O2. The van der Waals surface area contributed by atoms with Crippen LogP contribution < -0.4 is 5.73 Å². The highest BCUT2D eigenvalue weighted by atomic mass is 16.5. The normalized spacial score (nSPS) is 18.0. The minimum atomic E-state index is 0.243. The van der Waals surface area contributed by atoms with E-state index in [9.17, 15) is 0 Å². The van der Waals surface area contributed by atoms with Crippen molar-refractivity contribution in [1.82, 2.24) is 34.5 Å². The number of nitrogens with zero attached hydrogens (tertiary/aromatic N) is 7. The molecule has 2 fully saturated rings. The van der Waals surface area contributed by atoms with Crippen LogP contribution in [0.4, 0.5) is 5.82 Å². The fraction of sp³-hybridized carbons (Fsp3) is 0.417. The van der Waals surface area contributed by atoms with Crippen LogP contribution in [0.2, 0.25) is 0 Å². The number of rotatable bonds is 5. The van der Waals surface area contributed by atoms with Gasteiger partial charge in [-0.15, -0.1) is 5.10 Å². The van der Waals surface area contributed by atoms with E-state index < -0.39 is 0 Å². The lowest BCUT2D eigenvalue weighted by molar-refractivity contribution is 0.0342. The number of ether oxygens (including phenoxy) is 2. The van der Waals surface area contributed by atoms with E-state index in [0.29, 0.717) is 5.82 Å². The highest BCUT2D eigenvalue weighted by Gasteiger charge is 2.24. The number of nitrogen functional groups attached to an aromatic ring is 1. The Balaban J connectivity index is 1.42. The van der Waals surface area contributed by atoms with E-state index in [4.69, 9.17) is 15.2 Å². The molecule has 10 nitrogen and oxygen atoms in total. The standard InChI is InChI=1S/C24H28N8O2/c25-24-23-20(22-14-27-29-31(22)19-4-8-33-9-5-19)13-21(32(23)28-16-26-24)18-3-1-2-17(12-18)15-30-6-10-34-11-7-30/h1-3,12-14,16,19H,4-11,15H2,(H2,25,26,28). The molecular weight excluding hydrogens is 432 g/mol. The highest BCUT2D eigenvalue weighted by Crippen LogP contribution is 2.36. The third kappa shape index (κ3) is 3.93. The summed E-state index contributed by atoms with van der Waals surface area (Å²) in [5.41, 5.74) is 12.3. The number of nitrogens with two attached hydrogens (primary N) is 1. The summed E-state index contributed by atoms with van der Waals surface area (Å²) in [4.78, 5) is 6.70. The molecule has 0 saturated carbocycles. The fourth-order valence-electron chi connectivity index (χ4n) is 4.95. The van der Waals surface area contributed by atoms with Crippen molar-refractivity contribution in [2.75, 3.05) is 45.3 Å². The quantitative estimate of drug-likeness (QED) is 0.484. The molecule has 2 N–H and O–H groups in total. The second kappa shape index (κ2) is 9.13. The monoisotopic (exact) mass is 460 g/mol. The summed E-state index contributed by atoms with van der Waals surface area (Å²) < 4.78 is 14.9. The van der Waals surface area contributed by atoms with Gasteiger partial charge in [0.25, 0.3) is 0 Å². The fourth-order valence-corrected chi connectivity index (χ4v) is 4.95. The molecule has 176 valence electrons. The summed E-state index contributed by atoms with van der Waals surface area (Å²) in [6, 6.07) is 11.0. The van der Waals surface area contributed by atoms with Crippen molar-refractivity contribution in [2.45, 2.75) is 25.4 Å². The molecule has 2 aliphatic heterocycles. The summed E-state index contributed by atoms with van der Waals surface area (Å²) in [5, 5.41) is 13.2. The molecule has 0 atom stereocenters. The third-order valence-electron chi connectivity index (χ3n) is 6.70. The lowest BCUT2D eigenvalue weighted by atomic mass is 10.1. The maximum absolute atomic E-state index is 6.38. The van der Waals surface area contributed by atoms with Gasteiger partial charge < -0.3 is 15.2 Å². The van der Waals surface area contributed by atoms with E-state index in [0.717, 1.165) is 86.9 Å². The number of anilines is 1. The first-order valence-corrected chi connectivity index (χ1v) is 11.8. The Labute approximate surface area is 197 Å². The number of morpholine rings is 1. The van der Waals surface area contributed by atoms with Gasteiger partial charge in [0, 0.05) is 44.0 Å². The molecule has 34 heavy (non-hydrogen) atoms. The molecule has 10 heteroatoms. The first-order chi connectivity index (χ1) is 16.8. The molecule has 2 saturated heterocycles. The van der Waals surface area contributed by atoms with E-state index in [1.54, 1.807) is 6.20 Å². The van der Waals surface area contributed by atoms with E-state index in [1.165, 1.54) is 11.9 Å². The molecule has 0 bridgehead atoms. The lowest BCUT2D eigenvalue weighted by Gasteiger charge is -2.26. The molecule has 5 heterocycles. The number of fused-ring (bicyclic) bond motifs is 1. The molecule has 0 spiro atoms. The molecule has 6 rings (SSSR count). The summed E-state index contributed by atoms with van der Waals surface area (Å²) in [7, 11) is 0. The zero-order valence-corrected chi connectivity index (χ0v) is 19.0. The van der Waals surface area contributed by atoms with Crippen molar-refractivity contribution >= 4 is 11.3 Å². The summed E-state index contributed by atoms with van der Waals surface area (Å²) >= 11 is 0. The Morgan fingerprint density at radius 2 is 1.82 bits per heavy atom. The predicted octanol–water partition coefficient (Wildman–Crippen LogP) is 2.42. The van der Waals surface area contributed by atoms with Crippen molar-refractivity contribution in [2.24, 2.45) is 0 Å². The molecule has 0 aliphatic carbocycles. The van der Waals surface area contributed by atoms with E-state index >= 15 is 0 Å². The van der Waals surface area contributed by atoms with Crippen molar-refractivity contribution in [1.29, 1.82) is 0 Å². The van der Waals surface area contributed by atoms with Gasteiger partial charge in [0.1, 0.15) is 11.8 Å². The van der Waals surface area contributed by atoms with Crippen LogP contribution >= 0.6 is 0 Å². The van der Waals surface area contributed by atoms with E-state index in [-0.39, 0.29) is 6.04 Å². The topological polar surface area (TPSA) is 109 Å². The first kappa shape index (κ1) is 21.2. The second-order valence-corrected chi connectivity index (χ2v) is 8.85. The van der Waals surface area contributed by atoms with Crippen LogP contribution in [-0.4, -0.2) is 74.0 Å². The van der Waals surface area contributed by atoms with Crippen LogP contribution in [0.25, 0.3) is 28.0 Å². The van der Waals surface area contributed by atoms with Gasteiger partial charge in [-0.2, -0.15) is 5.10 Å². The van der Waals surface area contributed by atoms with Crippen LogP contribution in [0.1, 0.15) is 24.4 Å². The zero-order chi connectivity index (χ0) is 22.9. The van der Waals surface area contributed by atoms with Gasteiger partial charge in [0.05, 0.1) is 36.8 Å². The lowest BCUT2D eigenvalue weighted by Crippen LogP contribution is -2.35. The maximum atomic E-state index is 6.38. The van der Waals surface area contributed by atoms with E-state index in [2.05, 4.69) is 55.6 Å². The zero-order valence-electron chi connectivity index (χ0n) is 19.0. The smallest absolute Gasteiger partial charge is 0.152 e. The Hall–Kier alpha value is -3.34. The average molecular weight is 461 g/mol. The molecule has 1 aromatic carbocycles. The number of hydrogen-bond donors (Lipinski definition) is 1. The van der Waals surface area contributed by atoms with Gasteiger partial charge in [0.15, 0.2) is 5.82 Å². The number of hydrogen-bond acceptors (Lipinski definition) is 8. The molecule has 0 radical (unpaired) electrons. The van der Waals surface area contributed by atoms with Crippen LogP contribution in [0.15, 0.2) is 42.9 Å². The third-order valence-corrected chi connectivity index (χ3v) is 6.70. The number of aromatic nitrogens is 6.